The molecule has 2 aromatic heterocycles. The molecule has 0 bridgehead atoms. The number of aromatic nitrogens is 3. The first-order valence-corrected chi connectivity index (χ1v) is 5.71. The predicted molar refractivity (Wildman–Crippen MR) is 71.7 cm³/mol. The fraction of sp³-hybridized carbons (Fsp3) is 0. The van der Waals surface area contributed by atoms with Crippen LogP contribution in [-0.4, -0.2) is 15.0 Å². The van der Waals surface area contributed by atoms with Crippen molar-refractivity contribution in [1.29, 1.82) is 0 Å². The van der Waals surface area contributed by atoms with Gasteiger partial charge < -0.3 is 9.97 Å². The fourth-order valence-corrected chi connectivity index (χ4v) is 2.42. The van der Waals surface area contributed by atoms with Crippen LogP contribution in [0.4, 0.5) is 0 Å². The molecular weight excluding hydrogens is 226 g/mol. The van der Waals surface area contributed by atoms with E-state index in [2.05, 4.69) is 15.0 Å². The van der Waals surface area contributed by atoms with E-state index in [1.165, 1.54) is 0 Å². The van der Waals surface area contributed by atoms with Crippen molar-refractivity contribution in [3.05, 3.63) is 52.9 Å². The van der Waals surface area contributed by atoms with E-state index in [0.717, 1.165) is 22.1 Å². The number of H-pyrrole nitrogens is 2. The first-order chi connectivity index (χ1) is 8.84. The van der Waals surface area contributed by atoms with Gasteiger partial charge in [-0.05, 0) is 24.3 Å². The number of nitrogens with zero attached hydrogens (tertiary/aromatic N) is 1. The number of benzene rings is 2. The van der Waals surface area contributed by atoms with E-state index < -0.39 is 0 Å². The second-order valence-electron chi connectivity index (χ2n) is 4.28. The average Bonchev–Trinajstić information content (AvgIpc) is 2.87. The number of para-hydroxylation sites is 1. The number of hydrogen-bond acceptors (Lipinski definition) is 2. The smallest absolute Gasteiger partial charge is 0.199 e. The molecule has 2 aromatic carbocycles. The molecule has 0 aliphatic carbocycles. The standard InChI is InChI=1S/C14H9N3O/c18-14-8-3-1-2-4-9(8)17-10-5-6-11-13(12(10)14)16-7-15-11/h1-7H,(H,15,16)(H,17,18). The van der Waals surface area contributed by atoms with Crippen LogP contribution in [-0.2, 0) is 0 Å². The molecule has 2 heterocycles. The average molecular weight is 235 g/mol. The Morgan fingerprint density at radius 3 is 2.83 bits per heavy atom. The highest BCUT2D eigenvalue weighted by Crippen LogP contribution is 2.20. The van der Waals surface area contributed by atoms with Gasteiger partial charge in [0.2, 0.25) is 0 Å². The lowest BCUT2D eigenvalue weighted by atomic mass is 10.1. The topological polar surface area (TPSA) is 61.5 Å². The number of hydrogen-bond donors (Lipinski definition) is 2. The largest absolute Gasteiger partial charge is 0.354 e. The minimum absolute atomic E-state index is 0.0363. The summed E-state index contributed by atoms with van der Waals surface area (Å²) in [7, 11) is 0. The molecule has 0 aliphatic heterocycles. The van der Waals surface area contributed by atoms with Gasteiger partial charge >= 0.3 is 0 Å². The molecule has 0 radical (unpaired) electrons. The van der Waals surface area contributed by atoms with Crippen molar-refractivity contribution in [2.75, 3.05) is 0 Å². The van der Waals surface area contributed by atoms with Crippen LogP contribution in [0.25, 0.3) is 32.8 Å². The SMILES string of the molecule is O=c1c2ccccc2[nH]c2ccc3nc[nH]c3c12. The first-order valence-electron chi connectivity index (χ1n) is 5.71. The van der Waals surface area contributed by atoms with Crippen molar-refractivity contribution < 1.29 is 0 Å². The van der Waals surface area contributed by atoms with Crippen LogP contribution in [0.1, 0.15) is 0 Å². The highest BCUT2D eigenvalue weighted by molar-refractivity contribution is 6.06. The summed E-state index contributed by atoms with van der Waals surface area (Å²) < 4.78 is 0. The molecule has 0 saturated carbocycles. The molecule has 18 heavy (non-hydrogen) atoms. The first kappa shape index (κ1) is 9.41. The van der Waals surface area contributed by atoms with Crippen LogP contribution in [0, 0.1) is 0 Å². The molecule has 4 aromatic rings. The van der Waals surface area contributed by atoms with Crippen molar-refractivity contribution in [2.45, 2.75) is 0 Å². The van der Waals surface area contributed by atoms with Crippen LogP contribution in [0.5, 0.6) is 0 Å². The van der Waals surface area contributed by atoms with Gasteiger partial charge in [-0.25, -0.2) is 4.98 Å². The van der Waals surface area contributed by atoms with E-state index in [4.69, 9.17) is 0 Å². The lowest BCUT2D eigenvalue weighted by molar-refractivity contribution is 1.35. The van der Waals surface area contributed by atoms with E-state index in [1.54, 1.807) is 6.33 Å². The molecule has 0 aliphatic rings. The summed E-state index contributed by atoms with van der Waals surface area (Å²) in [5.74, 6) is 0. The molecule has 4 rings (SSSR count). The second kappa shape index (κ2) is 3.20. The number of nitrogens with one attached hydrogen (secondary N) is 2. The van der Waals surface area contributed by atoms with Gasteiger partial charge in [0, 0.05) is 10.9 Å². The van der Waals surface area contributed by atoms with Gasteiger partial charge in [0.1, 0.15) is 0 Å². The zero-order valence-corrected chi connectivity index (χ0v) is 9.40. The summed E-state index contributed by atoms with van der Waals surface area (Å²) in [6, 6.07) is 11.3. The number of rotatable bonds is 0. The van der Waals surface area contributed by atoms with Gasteiger partial charge in [-0.15, -0.1) is 0 Å². The minimum Gasteiger partial charge on any atom is -0.354 e. The van der Waals surface area contributed by atoms with Crippen molar-refractivity contribution >= 4 is 32.8 Å². The van der Waals surface area contributed by atoms with Crippen molar-refractivity contribution in [1.82, 2.24) is 15.0 Å². The Bertz CT molecular complexity index is 949. The summed E-state index contributed by atoms with van der Waals surface area (Å²) in [4.78, 5) is 23.0. The normalized spacial score (nSPS) is 11.6. The van der Waals surface area contributed by atoms with Gasteiger partial charge in [-0.3, -0.25) is 4.79 Å². The van der Waals surface area contributed by atoms with Crippen LogP contribution < -0.4 is 5.43 Å². The lowest BCUT2D eigenvalue weighted by Gasteiger charge is -2.02. The third-order valence-corrected chi connectivity index (χ3v) is 3.26. The molecular formula is C14H9N3O. The Labute approximate surface area is 101 Å². The van der Waals surface area contributed by atoms with Crippen LogP contribution in [0.3, 0.4) is 0 Å². The van der Waals surface area contributed by atoms with Crippen molar-refractivity contribution in [2.24, 2.45) is 0 Å². The number of imidazole rings is 1. The van der Waals surface area contributed by atoms with E-state index in [-0.39, 0.29) is 5.43 Å². The summed E-state index contributed by atoms with van der Waals surface area (Å²) >= 11 is 0. The highest BCUT2D eigenvalue weighted by atomic mass is 16.1. The highest BCUT2D eigenvalue weighted by Gasteiger charge is 2.09. The van der Waals surface area contributed by atoms with Gasteiger partial charge in [0.15, 0.2) is 5.43 Å². The summed E-state index contributed by atoms with van der Waals surface area (Å²) in [5, 5.41) is 1.37. The number of fused-ring (bicyclic) bond motifs is 4. The summed E-state index contributed by atoms with van der Waals surface area (Å²) in [6.45, 7) is 0. The van der Waals surface area contributed by atoms with E-state index in [1.807, 2.05) is 36.4 Å². The Morgan fingerprint density at radius 2 is 1.89 bits per heavy atom. The zero-order chi connectivity index (χ0) is 12.1. The van der Waals surface area contributed by atoms with Crippen LogP contribution >= 0.6 is 0 Å². The lowest BCUT2D eigenvalue weighted by Crippen LogP contribution is -2.04. The molecule has 0 fully saturated rings. The van der Waals surface area contributed by atoms with Gasteiger partial charge in [0.05, 0.1) is 28.3 Å². The second-order valence-corrected chi connectivity index (χ2v) is 4.28. The van der Waals surface area contributed by atoms with Crippen molar-refractivity contribution in [3.63, 3.8) is 0 Å². The van der Waals surface area contributed by atoms with E-state index in [0.29, 0.717) is 10.8 Å². The quantitative estimate of drug-likeness (QED) is 0.460. The van der Waals surface area contributed by atoms with E-state index in [9.17, 15) is 4.79 Å². The maximum atomic E-state index is 12.5. The molecule has 0 atom stereocenters. The van der Waals surface area contributed by atoms with E-state index >= 15 is 0 Å². The number of aromatic amines is 2. The fourth-order valence-electron chi connectivity index (χ4n) is 2.42. The van der Waals surface area contributed by atoms with Gasteiger partial charge in [-0.1, -0.05) is 12.1 Å². The minimum atomic E-state index is 0.0363. The zero-order valence-electron chi connectivity index (χ0n) is 9.40. The van der Waals surface area contributed by atoms with Crippen LogP contribution in [0.2, 0.25) is 0 Å². The summed E-state index contributed by atoms with van der Waals surface area (Å²) in [6.07, 6.45) is 1.61. The predicted octanol–water partition coefficient (Wildman–Crippen LogP) is 2.56. The monoisotopic (exact) mass is 235 g/mol. The summed E-state index contributed by atoms with van der Waals surface area (Å²) in [5.41, 5.74) is 3.32. The molecule has 4 heteroatoms. The van der Waals surface area contributed by atoms with Crippen LogP contribution in [0.15, 0.2) is 47.5 Å². The molecule has 0 amide bonds. The molecule has 0 saturated heterocycles. The molecule has 0 unspecified atom stereocenters. The van der Waals surface area contributed by atoms with Crippen molar-refractivity contribution in [3.8, 4) is 0 Å². The molecule has 2 N–H and O–H groups in total. The third-order valence-electron chi connectivity index (χ3n) is 3.26. The Morgan fingerprint density at radius 1 is 1.00 bits per heavy atom. The molecule has 4 nitrogen and oxygen atoms in total. The van der Waals surface area contributed by atoms with Gasteiger partial charge in [-0.2, -0.15) is 0 Å². The Hall–Kier alpha value is -2.62. The number of pyridine rings is 1. The van der Waals surface area contributed by atoms with Gasteiger partial charge in [0.25, 0.3) is 0 Å². The Kier molecular flexibility index (Phi) is 1.67. The maximum absolute atomic E-state index is 12.5. The molecule has 0 spiro atoms. The third kappa shape index (κ3) is 1.09. The maximum Gasteiger partial charge on any atom is 0.199 e. The molecule has 86 valence electrons. The Balaban J connectivity index is 2.40.